The summed E-state index contributed by atoms with van der Waals surface area (Å²) in [5.41, 5.74) is 1.67. The lowest BCUT2D eigenvalue weighted by Gasteiger charge is -2.12. The summed E-state index contributed by atoms with van der Waals surface area (Å²) in [7, 11) is 0. The summed E-state index contributed by atoms with van der Waals surface area (Å²) in [5, 5.41) is 19.7. The third kappa shape index (κ3) is 3.16. The van der Waals surface area contributed by atoms with Crippen LogP contribution in [-0.2, 0) is 6.42 Å². The van der Waals surface area contributed by atoms with Gasteiger partial charge in [0.2, 0.25) is 0 Å². The van der Waals surface area contributed by atoms with Crippen molar-refractivity contribution < 1.29 is 10.2 Å². The average molecular weight is 222 g/mol. The molecule has 0 fully saturated rings. The molecule has 2 heteroatoms. The van der Waals surface area contributed by atoms with Crippen molar-refractivity contribution in [3.8, 4) is 11.5 Å². The second-order valence-electron chi connectivity index (χ2n) is 4.66. The van der Waals surface area contributed by atoms with E-state index in [-0.39, 0.29) is 17.4 Å². The highest BCUT2D eigenvalue weighted by Gasteiger charge is 2.12. The molecule has 0 saturated heterocycles. The predicted molar refractivity (Wildman–Crippen MR) is 67.1 cm³/mol. The predicted octanol–water partition coefficient (Wildman–Crippen LogP) is 3.95. The van der Waals surface area contributed by atoms with Crippen molar-refractivity contribution in [2.45, 2.75) is 52.4 Å². The maximum atomic E-state index is 9.84. The normalized spacial score (nSPS) is 11.0. The van der Waals surface area contributed by atoms with E-state index in [1.165, 1.54) is 12.8 Å². The van der Waals surface area contributed by atoms with Crippen LogP contribution in [0.3, 0.4) is 0 Å². The van der Waals surface area contributed by atoms with Gasteiger partial charge < -0.3 is 10.2 Å². The Kier molecular flexibility index (Phi) is 4.66. The molecule has 16 heavy (non-hydrogen) atoms. The minimum Gasteiger partial charge on any atom is -0.508 e. The summed E-state index contributed by atoms with van der Waals surface area (Å²) in [6, 6.07) is 3.56. The van der Waals surface area contributed by atoms with E-state index in [0.29, 0.717) is 5.56 Å². The number of aromatic hydroxyl groups is 2. The fraction of sp³-hybridized carbons (Fsp3) is 0.571. The van der Waals surface area contributed by atoms with Gasteiger partial charge in [-0.2, -0.15) is 0 Å². The molecule has 0 heterocycles. The van der Waals surface area contributed by atoms with Gasteiger partial charge >= 0.3 is 0 Å². The summed E-state index contributed by atoms with van der Waals surface area (Å²) in [6.07, 6.45) is 4.40. The van der Waals surface area contributed by atoms with Gasteiger partial charge in [0.25, 0.3) is 0 Å². The fourth-order valence-corrected chi connectivity index (χ4v) is 1.99. The number of aryl methyl sites for hydroxylation is 1. The molecule has 2 nitrogen and oxygen atoms in total. The molecule has 1 rings (SSSR count). The van der Waals surface area contributed by atoms with Crippen LogP contribution in [0.5, 0.6) is 11.5 Å². The van der Waals surface area contributed by atoms with Crippen LogP contribution in [0, 0.1) is 0 Å². The lowest BCUT2D eigenvalue weighted by molar-refractivity contribution is 0.432. The molecule has 1 aromatic carbocycles. The molecular weight excluding hydrogens is 200 g/mol. The number of unbranched alkanes of at least 4 members (excludes halogenated alkanes) is 2. The topological polar surface area (TPSA) is 40.5 Å². The second-order valence-corrected chi connectivity index (χ2v) is 4.66. The van der Waals surface area contributed by atoms with Crippen LogP contribution >= 0.6 is 0 Å². The van der Waals surface area contributed by atoms with Gasteiger partial charge in [0, 0.05) is 5.56 Å². The highest BCUT2D eigenvalue weighted by Crippen LogP contribution is 2.35. The van der Waals surface area contributed by atoms with Gasteiger partial charge in [0.15, 0.2) is 0 Å². The van der Waals surface area contributed by atoms with E-state index in [2.05, 4.69) is 6.92 Å². The van der Waals surface area contributed by atoms with Crippen molar-refractivity contribution in [1.29, 1.82) is 0 Å². The first kappa shape index (κ1) is 12.9. The number of benzene rings is 1. The molecule has 0 saturated carbocycles. The van der Waals surface area contributed by atoms with E-state index in [0.717, 1.165) is 18.4 Å². The summed E-state index contributed by atoms with van der Waals surface area (Å²) in [6.45, 7) is 6.09. The molecule has 0 radical (unpaired) electrons. The first-order chi connectivity index (χ1) is 7.56. The largest absolute Gasteiger partial charge is 0.508 e. The van der Waals surface area contributed by atoms with Gasteiger partial charge in [-0.25, -0.2) is 0 Å². The Morgan fingerprint density at radius 2 is 1.62 bits per heavy atom. The molecule has 0 amide bonds. The van der Waals surface area contributed by atoms with Crippen molar-refractivity contribution in [3.63, 3.8) is 0 Å². The lowest BCUT2D eigenvalue weighted by Crippen LogP contribution is -1.93. The molecule has 1 aromatic rings. The van der Waals surface area contributed by atoms with Crippen LogP contribution in [0.2, 0.25) is 0 Å². The summed E-state index contributed by atoms with van der Waals surface area (Å²) in [5.74, 6) is 0.590. The minimum atomic E-state index is 0.143. The Labute approximate surface area is 97.9 Å². The molecule has 0 spiro atoms. The Morgan fingerprint density at radius 1 is 1.06 bits per heavy atom. The van der Waals surface area contributed by atoms with Crippen molar-refractivity contribution in [2.24, 2.45) is 0 Å². The van der Waals surface area contributed by atoms with Gasteiger partial charge in [-0.05, 0) is 36.5 Å². The maximum absolute atomic E-state index is 9.84. The maximum Gasteiger partial charge on any atom is 0.123 e. The Morgan fingerprint density at radius 3 is 2.06 bits per heavy atom. The number of hydrogen-bond donors (Lipinski definition) is 2. The first-order valence-corrected chi connectivity index (χ1v) is 6.11. The zero-order valence-electron chi connectivity index (χ0n) is 10.5. The monoisotopic (exact) mass is 222 g/mol. The average Bonchev–Trinajstić information content (AvgIpc) is 2.16. The second kappa shape index (κ2) is 5.78. The van der Waals surface area contributed by atoms with Crippen LogP contribution in [0.15, 0.2) is 12.1 Å². The molecule has 0 aliphatic carbocycles. The molecule has 0 aliphatic rings. The van der Waals surface area contributed by atoms with Crippen molar-refractivity contribution in [2.75, 3.05) is 0 Å². The number of phenolic OH excluding ortho intramolecular Hbond substituents is 2. The molecule has 90 valence electrons. The Balaban J connectivity index is 2.83. The van der Waals surface area contributed by atoms with Crippen molar-refractivity contribution >= 4 is 0 Å². The van der Waals surface area contributed by atoms with Gasteiger partial charge in [-0.3, -0.25) is 0 Å². The quantitative estimate of drug-likeness (QED) is 0.740. The zero-order chi connectivity index (χ0) is 12.1. The molecule has 0 aromatic heterocycles. The summed E-state index contributed by atoms with van der Waals surface area (Å²) in [4.78, 5) is 0. The number of hydrogen-bond acceptors (Lipinski definition) is 2. The molecule has 0 unspecified atom stereocenters. The molecular formula is C14H22O2. The minimum absolute atomic E-state index is 0.143. The van der Waals surface area contributed by atoms with Crippen molar-refractivity contribution in [3.05, 3.63) is 23.3 Å². The van der Waals surface area contributed by atoms with Crippen LogP contribution < -0.4 is 0 Å². The number of phenols is 2. The van der Waals surface area contributed by atoms with Gasteiger partial charge in [0.1, 0.15) is 11.5 Å². The SMILES string of the molecule is CCCCCc1cc(O)c(C(C)C)c(O)c1. The van der Waals surface area contributed by atoms with E-state index in [1.54, 1.807) is 12.1 Å². The fourth-order valence-electron chi connectivity index (χ4n) is 1.99. The van der Waals surface area contributed by atoms with E-state index < -0.39 is 0 Å². The first-order valence-electron chi connectivity index (χ1n) is 6.11. The highest BCUT2D eigenvalue weighted by atomic mass is 16.3. The molecule has 2 N–H and O–H groups in total. The van der Waals surface area contributed by atoms with Gasteiger partial charge in [-0.1, -0.05) is 33.6 Å². The number of rotatable bonds is 5. The van der Waals surface area contributed by atoms with E-state index in [9.17, 15) is 10.2 Å². The summed E-state index contributed by atoms with van der Waals surface area (Å²) >= 11 is 0. The van der Waals surface area contributed by atoms with Crippen molar-refractivity contribution in [1.82, 2.24) is 0 Å². The third-order valence-electron chi connectivity index (χ3n) is 2.84. The highest BCUT2D eigenvalue weighted by molar-refractivity contribution is 5.48. The Hall–Kier alpha value is -1.18. The van der Waals surface area contributed by atoms with E-state index in [4.69, 9.17) is 0 Å². The summed E-state index contributed by atoms with van der Waals surface area (Å²) < 4.78 is 0. The van der Waals surface area contributed by atoms with E-state index >= 15 is 0 Å². The van der Waals surface area contributed by atoms with Crippen LogP contribution in [0.4, 0.5) is 0 Å². The lowest BCUT2D eigenvalue weighted by atomic mass is 9.97. The standard InChI is InChI=1S/C14H22O2/c1-4-5-6-7-11-8-12(15)14(10(2)3)13(16)9-11/h8-10,15-16H,4-7H2,1-3H3. The smallest absolute Gasteiger partial charge is 0.123 e. The van der Waals surface area contributed by atoms with Crippen LogP contribution in [0.1, 0.15) is 57.1 Å². The van der Waals surface area contributed by atoms with Gasteiger partial charge in [-0.15, -0.1) is 0 Å². The zero-order valence-corrected chi connectivity index (χ0v) is 10.5. The van der Waals surface area contributed by atoms with E-state index in [1.807, 2.05) is 13.8 Å². The molecule has 0 atom stereocenters. The third-order valence-corrected chi connectivity index (χ3v) is 2.84. The Bertz CT molecular complexity index is 320. The molecule has 0 bridgehead atoms. The molecule has 0 aliphatic heterocycles. The van der Waals surface area contributed by atoms with Gasteiger partial charge in [0.05, 0.1) is 0 Å². The van der Waals surface area contributed by atoms with Crippen LogP contribution in [0.25, 0.3) is 0 Å². The van der Waals surface area contributed by atoms with Crippen LogP contribution in [-0.4, -0.2) is 10.2 Å².